The van der Waals surface area contributed by atoms with Crippen LogP contribution in [0.3, 0.4) is 0 Å². The Morgan fingerprint density at radius 3 is 2.25 bits per heavy atom. The summed E-state index contributed by atoms with van der Waals surface area (Å²) in [6, 6.07) is 5.62. The lowest BCUT2D eigenvalue weighted by Gasteiger charge is -2.30. The Bertz CT molecular complexity index is 615. The predicted octanol–water partition coefficient (Wildman–Crippen LogP) is 3.64. The minimum atomic E-state index is -1.42. The van der Waals surface area contributed by atoms with E-state index in [1.807, 2.05) is 66.7 Å². The number of hydrogen-bond donors (Lipinski definition) is 1. The van der Waals surface area contributed by atoms with Gasteiger partial charge in [0.2, 0.25) is 5.60 Å². The molecule has 1 amide bonds. The molecule has 1 aromatic carbocycles. The van der Waals surface area contributed by atoms with Crippen LogP contribution in [0.2, 0.25) is 0 Å². The molecule has 1 heterocycles. The van der Waals surface area contributed by atoms with Crippen molar-refractivity contribution in [2.24, 2.45) is 0 Å². The van der Waals surface area contributed by atoms with Crippen molar-refractivity contribution < 1.29 is 24.3 Å². The molecule has 0 aromatic heterocycles. The fourth-order valence-electron chi connectivity index (χ4n) is 2.24. The van der Waals surface area contributed by atoms with E-state index in [1.54, 1.807) is 0 Å². The number of aryl methyl sites for hydroxylation is 1. The van der Waals surface area contributed by atoms with Gasteiger partial charge in [-0.05, 0) is 54.0 Å². The highest BCUT2D eigenvalue weighted by atomic mass is 17.2. The number of hydrogen-bond acceptors (Lipinski definition) is 5. The molecule has 1 aliphatic rings. The molecule has 134 valence electrons. The molecule has 1 aliphatic heterocycles. The van der Waals surface area contributed by atoms with Crippen molar-refractivity contribution in [1.29, 1.82) is 0 Å². The zero-order valence-electron chi connectivity index (χ0n) is 15.5. The van der Waals surface area contributed by atoms with Gasteiger partial charge < -0.3 is 5.32 Å². The summed E-state index contributed by atoms with van der Waals surface area (Å²) < 4.78 is 0. The van der Waals surface area contributed by atoms with E-state index in [0.29, 0.717) is 5.56 Å². The van der Waals surface area contributed by atoms with Crippen LogP contribution < -0.4 is 5.32 Å². The second-order valence-electron chi connectivity index (χ2n) is 8.02. The molecule has 0 spiro atoms. The lowest BCUT2D eigenvalue weighted by molar-refractivity contribution is -0.431. The summed E-state index contributed by atoms with van der Waals surface area (Å²) in [6.45, 7) is 12.9. The van der Waals surface area contributed by atoms with Crippen LogP contribution in [0, 0.1) is 6.92 Å². The van der Waals surface area contributed by atoms with E-state index in [9.17, 15) is 4.79 Å². The zero-order chi connectivity index (χ0) is 18.2. The van der Waals surface area contributed by atoms with Crippen LogP contribution in [-0.4, -0.2) is 23.7 Å². The van der Waals surface area contributed by atoms with Crippen LogP contribution in [0.5, 0.6) is 0 Å². The van der Waals surface area contributed by atoms with Gasteiger partial charge in [0.15, 0.2) is 0 Å². The molecule has 24 heavy (non-hydrogen) atoms. The van der Waals surface area contributed by atoms with E-state index in [-0.39, 0.29) is 12.5 Å². The summed E-state index contributed by atoms with van der Waals surface area (Å²) in [5.41, 5.74) is -0.159. The van der Waals surface area contributed by atoms with Crippen LogP contribution >= 0.6 is 0 Å². The van der Waals surface area contributed by atoms with Gasteiger partial charge in [0.1, 0.15) is 6.61 Å². The highest BCUT2D eigenvalue weighted by molar-refractivity contribution is 6.06. The Morgan fingerprint density at radius 2 is 1.67 bits per heavy atom. The maximum Gasteiger partial charge on any atom is 0.267 e. The average molecular weight is 337 g/mol. The first-order valence-electron chi connectivity index (χ1n) is 8.04. The third-order valence-corrected chi connectivity index (χ3v) is 3.32. The number of fused-ring (bicyclic) bond motifs is 1. The fourth-order valence-corrected chi connectivity index (χ4v) is 2.24. The molecule has 1 aromatic rings. The first-order valence-corrected chi connectivity index (χ1v) is 8.04. The van der Waals surface area contributed by atoms with Gasteiger partial charge >= 0.3 is 0 Å². The molecule has 1 unspecified atom stereocenters. The Kier molecular flexibility index (Phi) is 5.06. The van der Waals surface area contributed by atoms with E-state index in [2.05, 4.69) is 5.32 Å². The third kappa shape index (κ3) is 4.13. The van der Waals surface area contributed by atoms with Crippen molar-refractivity contribution in [3.63, 3.8) is 0 Å². The number of rotatable bonds is 5. The first-order chi connectivity index (χ1) is 10.9. The standard InChI is InChI=1S/C18H27NO5/c1-12-9-8-10-13-14(12)19-15(20)18(13,24-23-17(5,6)7)11-21-22-16(2,3)4/h8-10H,11H2,1-7H3,(H,19,20). The quantitative estimate of drug-likeness (QED) is 0.656. The number of benzene rings is 1. The van der Waals surface area contributed by atoms with Crippen LogP contribution in [0.15, 0.2) is 18.2 Å². The maximum absolute atomic E-state index is 12.7. The number of nitrogens with one attached hydrogen (secondary N) is 1. The minimum absolute atomic E-state index is 0.122. The zero-order valence-corrected chi connectivity index (χ0v) is 15.5. The first kappa shape index (κ1) is 18.9. The van der Waals surface area contributed by atoms with Gasteiger partial charge in [-0.3, -0.25) is 4.79 Å². The molecule has 6 heteroatoms. The van der Waals surface area contributed by atoms with Gasteiger partial charge in [-0.15, -0.1) is 0 Å². The van der Waals surface area contributed by atoms with Crippen molar-refractivity contribution in [2.45, 2.75) is 65.3 Å². The molecule has 1 N–H and O–H groups in total. The summed E-state index contributed by atoms with van der Waals surface area (Å²) in [5.74, 6) is -0.339. The van der Waals surface area contributed by atoms with Gasteiger partial charge in [-0.25, -0.2) is 19.6 Å². The van der Waals surface area contributed by atoms with E-state index in [1.165, 1.54) is 0 Å². The highest BCUT2D eigenvalue weighted by Gasteiger charge is 2.52. The second-order valence-corrected chi connectivity index (χ2v) is 8.02. The van der Waals surface area contributed by atoms with E-state index < -0.39 is 16.8 Å². The smallest absolute Gasteiger partial charge is 0.267 e. The van der Waals surface area contributed by atoms with Gasteiger partial charge in [-0.1, -0.05) is 18.2 Å². The molecule has 2 rings (SSSR count). The van der Waals surface area contributed by atoms with Crippen molar-refractivity contribution in [2.75, 3.05) is 11.9 Å². The van der Waals surface area contributed by atoms with Crippen LogP contribution in [0.4, 0.5) is 5.69 Å². The van der Waals surface area contributed by atoms with Gasteiger partial charge in [-0.2, -0.15) is 0 Å². The number of amides is 1. The van der Waals surface area contributed by atoms with E-state index >= 15 is 0 Å². The van der Waals surface area contributed by atoms with Crippen molar-refractivity contribution in [3.8, 4) is 0 Å². The molecule has 0 aliphatic carbocycles. The molecule has 0 saturated carbocycles. The number of carbonyl (C=O) groups is 1. The Hall–Kier alpha value is -1.47. The lowest BCUT2D eigenvalue weighted by Crippen LogP contribution is -2.44. The summed E-state index contributed by atoms with van der Waals surface area (Å²) in [5, 5.41) is 2.86. The van der Waals surface area contributed by atoms with Gasteiger partial charge in [0.25, 0.3) is 5.91 Å². The fraction of sp³-hybridized carbons (Fsp3) is 0.611. The molecule has 1 atom stereocenters. The van der Waals surface area contributed by atoms with Crippen molar-refractivity contribution >= 4 is 11.6 Å². The highest BCUT2D eigenvalue weighted by Crippen LogP contribution is 2.42. The second kappa shape index (κ2) is 6.44. The lowest BCUT2D eigenvalue weighted by atomic mass is 9.95. The van der Waals surface area contributed by atoms with Crippen LogP contribution in [0.1, 0.15) is 52.7 Å². The third-order valence-electron chi connectivity index (χ3n) is 3.32. The SMILES string of the molecule is Cc1cccc2c1NC(=O)C2(COOC(C)(C)C)OOC(C)(C)C. The Morgan fingerprint density at radius 1 is 1.04 bits per heavy atom. The molecule has 0 bridgehead atoms. The summed E-state index contributed by atoms with van der Waals surface area (Å²) >= 11 is 0. The Balaban J connectivity index is 2.33. The summed E-state index contributed by atoms with van der Waals surface area (Å²) in [4.78, 5) is 34.5. The van der Waals surface area contributed by atoms with Crippen molar-refractivity contribution in [1.82, 2.24) is 0 Å². The topological polar surface area (TPSA) is 66.0 Å². The number of para-hydroxylation sites is 1. The monoisotopic (exact) mass is 337 g/mol. The number of anilines is 1. The molecule has 0 fully saturated rings. The van der Waals surface area contributed by atoms with E-state index in [4.69, 9.17) is 19.6 Å². The maximum atomic E-state index is 12.7. The molecular formula is C18H27NO5. The largest absolute Gasteiger partial charge is 0.322 e. The average Bonchev–Trinajstić information content (AvgIpc) is 2.70. The minimum Gasteiger partial charge on any atom is -0.322 e. The Labute approximate surface area is 143 Å². The molecule has 0 radical (unpaired) electrons. The predicted molar refractivity (Wildman–Crippen MR) is 90.2 cm³/mol. The van der Waals surface area contributed by atoms with Gasteiger partial charge in [0.05, 0.1) is 16.9 Å². The van der Waals surface area contributed by atoms with Crippen LogP contribution in [0.25, 0.3) is 0 Å². The number of carbonyl (C=O) groups excluding carboxylic acids is 1. The van der Waals surface area contributed by atoms with E-state index in [0.717, 1.165) is 11.3 Å². The molecular weight excluding hydrogens is 310 g/mol. The molecule has 0 saturated heterocycles. The van der Waals surface area contributed by atoms with Crippen LogP contribution in [-0.2, 0) is 29.9 Å². The van der Waals surface area contributed by atoms with Crippen molar-refractivity contribution in [3.05, 3.63) is 29.3 Å². The molecule has 6 nitrogen and oxygen atoms in total. The summed E-state index contributed by atoms with van der Waals surface area (Å²) in [6.07, 6.45) is 0. The summed E-state index contributed by atoms with van der Waals surface area (Å²) in [7, 11) is 0. The normalized spacial score (nSPS) is 20.9. The van der Waals surface area contributed by atoms with Gasteiger partial charge in [0, 0.05) is 5.56 Å².